The third-order valence-corrected chi connectivity index (χ3v) is 3.44. The fourth-order valence-electron chi connectivity index (χ4n) is 2.07. The highest BCUT2D eigenvalue weighted by molar-refractivity contribution is 5.54. The average Bonchev–Trinajstić information content (AvgIpc) is 3.18. The molecule has 0 spiro atoms. The number of anilines is 1. The first-order valence-electron chi connectivity index (χ1n) is 6.70. The van der Waals surface area contributed by atoms with Gasteiger partial charge in [0.15, 0.2) is 0 Å². The maximum absolute atomic E-state index is 9.39. The normalized spacial score (nSPS) is 14.8. The van der Waals surface area contributed by atoms with Crippen LogP contribution in [0.5, 0.6) is 0 Å². The van der Waals surface area contributed by atoms with Crippen molar-refractivity contribution in [3.8, 4) is 0 Å². The van der Waals surface area contributed by atoms with Gasteiger partial charge in [-0.05, 0) is 31.7 Å². The summed E-state index contributed by atoms with van der Waals surface area (Å²) < 4.78 is 5.64. The Morgan fingerprint density at radius 3 is 2.83 bits per heavy atom. The van der Waals surface area contributed by atoms with Gasteiger partial charge in [-0.25, -0.2) is 0 Å². The molecule has 3 nitrogen and oxygen atoms in total. The van der Waals surface area contributed by atoms with E-state index in [0.29, 0.717) is 0 Å². The van der Waals surface area contributed by atoms with E-state index in [4.69, 9.17) is 4.74 Å². The van der Waals surface area contributed by atoms with Crippen molar-refractivity contribution in [2.24, 2.45) is 5.92 Å². The van der Waals surface area contributed by atoms with Gasteiger partial charge < -0.3 is 14.7 Å². The molecule has 1 aromatic rings. The fourth-order valence-corrected chi connectivity index (χ4v) is 2.07. The van der Waals surface area contributed by atoms with Crippen molar-refractivity contribution in [2.75, 3.05) is 31.7 Å². The smallest absolute Gasteiger partial charge is 0.0702 e. The molecule has 1 aromatic carbocycles. The van der Waals surface area contributed by atoms with Gasteiger partial charge in [-0.1, -0.05) is 17.7 Å². The van der Waals surface area contributed by atoms with Gasteiger partial charge in [-0.15, -0.1) is 0 Å². The number of benzene rings is 1. The molecule has 0 amide bonds. The standard InChI is InChI=1S/C15H23NO2/c1-12-3-6-15(14(9-12)10-17)16(2)7-8-18-11-13-4-5-13/h3,6,9,13,17H,4-5,7-8,10-11H2,1-2H3. The Kier molecular flexibility index (Phi) is 4.61. The van der Waals surface area contributed by atoms with Crippen molar-refractivity contribution in [1.29, 1.82) is 0 Å². The van der Waals surface area contributed by atoms with Gasteiger partial charge in [0.1, 0.15) is 0 Å². The quantitative estimate of drug-likeness (QED) is 0.753. The van der Waals surface area contributed by atoms with Crippen molar-refractivity contribution in [3.05, 3.63) is 29.3 Å². The van der Waals surface area contributed by atoms with E-state index in [1.807, 2.05) is 20.0 Å². The lowest BCUT2D eigenvalue weighted by Crippen LogP contribution is -2.24. The van der Waals surface area contributed by atoms with Crippen LogP contribution in [-0.4, -0.2) is 31.9 Å². The van der Waals surface area contributed by atoms with E-state index < -0.39 is 0 Å². The van der Waals surface area contributed by atoms with Crippen LogP contribution in [0.2, 0.25) is 0 Å². The minimum Gasteiger partial charge on any atom is -0.392 e. The average molecular weight is 249 g/mol. The number of aliphatic hydroxyl groups excluding tert-OH is 1. The number of rotatable bonds is 7. The monoisotopic (exact) mass is 249 g/mol. The summed E-state index contributed by atoms with van der Waals surface area (Å²) in [6, 6.07) is 6.19. The summed E-state index contributed by atoms with van der Waals surface area (Å²) >= 11 is 0. The molecule has 0 aromatic heterocycles. The summed E-state index contributed by atoms with van der Waals surface area (Å²) in [6.45, 7) is 4.66. The number of hydrogen-bond donors (Lipinski definition) is 1. The second-order valence-electron chi connectivity index (χ2n) is 5.23. The summed E-state index contributed by atoms with van der Waals surface area (Å²) in [7, 11) is 2.05. The molecule has 18 heavy (non-hydrogen) atoms. The Balaban J connectivity index is 1.84. The molecule has 0 radical (unpaired) electrons. The molecule has 0 bridgehead atoms. The molecule has 1 aliphatic carbocycles. The third kappa shape index (κ3) is 3.72. The maximum Gasteiger partial charge on any atom is 0.0702 e. The highest BCUT2D eigenvalue weighted by Gasteiger charge is 2.21. The zero-order valence-electron chi connectivity index (χ0n) is 11.4. The summed E-state index contributed by atoms with van der Waals surface area (Å²) in [4.78, 5) is 2.15. The van der Waals surface area contributed by atoms with Gasteiger partial charge in [0, 0.05) is 31.5 Å². The second-order valence-corrected chi connectivity index (χ2v) is 5.23. The van der Waals surface area contributed by atoms with E-state index in [-0.39, 0.29) is 6.61 Å². The molecule has 0 saturated heterocycles. The first-order valence-corrected chi connectivity index (χ1v) is 6.70. The number of aryl methyl sites for hydroxylation is 1. The summed E-state index contributed by atoms with van der Waals surface area (Å²) in [5, 5.41) is 9.39. The molecule has 100 valence electrons. The summed E-state index contributed by atoms with van der Waals surface area (Å²) in [6.07, 6.45) is 2.67. The number of likely N-dealkylation sites (N-methyl/N-ethyl adjacent to an activating group) is 1. The Morgan fingerprint density at radius 1 is 1.39 bits per heavy atom. The molecule has 0 heterocycles. The van der Waals surface area contributed by atoms with E-state index in [1.54, 1.807) is 0 Å². The largest absolute Gasteiger partial charge is 0.392 e. The lowest BCUT2D eigenvalue weighted by molar-refractivity contribution is 0.131. The molecule has 0 aliphatic heterocycles. The van der Waals surface area contributed by atoms with Gasteiger partial charge in [0.05, 0.1) is 13.2 Å². The van der Waals surface area contributed by atoms with Crippen LogP contribution in [-0.2, 0) is 11.3 Å². The number of ether oxygens (including phenoxy) is 1. The summed E-state index contributed by atoms with van der Waals surface area (Å²) in [5.74, 6) is 0.822. The lowest BCUT2D eigenvalue weighted by atomic mass is 10.1. The Labute approximate surface area is 109 Å². The number of nitrogens with zero attached hydrogens (tertiary/aromatic N) is 1. The lowest BCUT2D eigenvalue weighted by Gasteiger charge is -2.22. The highest BCUT2D eigenvalue weighted by Crippen LogP contribution is 2.28. The zero-order chi connectivity index (χ0) is 13.0. The molecule has 1 N–H and O–H groups in total. The van der Waals surface area contributed by atoms with E-state index in [9.17, 15) is 5.11 Å². The van der Waals surface area contributed by atoms with E-state index >= 15 is 0 Å². The van der Waals surface area contributed by atoms with E-state index in [0.717, 1.165) is 36.9 Å². The SMILES string of the molecule is Cc1ccc(N(C)CCOCC2CC2)c(CO)c1. The van der Waals surface area contributed by atoms with Gasteiger partial charge in [0.2, 0.25) is 0 Å². The van der Waals surface area contributed by atoms with Crippen LogP contribution in [0, 0.1) is 12.8 Å². The molecular weight excluding hydrogens is 226 g/mol. The third-order valence-electron chi connectivity index (χ3n) is 3.44. The summed E-state index contributed by atoms with van der Waals surface area (Å²) in [5.41, 5.74) is 3.26. The molecule has 1 saturated carbocycles. The van der Waals surface area contributed by atoms with E-state index in [1.165, 1.54) is 18.4 Å². The number of hydrogen-bond acceptors (Lipinski definition) is 3. The van der Waals surface area contributed by atoms with Crippen molar-refractivity contribution in [3.63, 3.8) is 0 Å². The van der Waals surface area contributed by atoms with Crippen LogP contribution < -0.4 is 4.90 Å². The second kappa shape index (κ2) is 6.21. The van der Waals surface area contributed by atoms with Crippen LogP contribution in [0.4, 0.5) is 5.69 Å². The Bertz CT molecular complexity index is 388. The van der Waals surface area contributed by atoms with Crippen molar-refractivity contribution < 1.29 is 9.84 Å². The van der Waals surface area contributed by atoms with Crippen LogP contribution in [0.15, 0.2) is 18.2 Å². The number of aliphatic hydroxyl groups is 1. The van der Waals surface area contributed by atoms with Crippen LogP contribution in [0.3, 0.4) is 0 Å². The van der Waals surface area contributed by atoms with Gasteiger partial charge in [-0.2, -0.15) is 0 Å². The first-order chi connectivity index (χ1) is 8.70. The van der Waals surface area contributed by atoms with E-state index in [2.05, 4.69) is 17.0 Å². The van der Waals surface area contributed by atoms with Crippen molar-refractivity contribution >= 4 is 5.69 Å². The predicted octanol–water partition coefficient (Wildman–Crippen LogP) is 2.35. The topological polar surface area (TPSA) is 32.7 Å². The van der Waals surface area contributed by atoms with Gasteiger partial charge in [-0.3, -0.25) is 0 Å². The molecule has 1 aliphatic rings. The fraction of sp³-hybridized carbons (Fsp3) is 0.600. The van der Waals surface area contributed by atoms with Crippen molar-refractivity contribution in [1.82, 2.24) is 0 Å². The maximum atomic E-state index is 9.39. The van der Waals surface area contributed by atoms with Crippen LogP contribution in [0.1, 0.15) is 24.0 Å². The molecular formula is C15H23NO2. The molecule has 2 rings (SSSR count). The minimum absolute atomic E-state index is 0.0876. The molecule has 0 unspecified atom stereocenters. The highest BCUT2D eigenvalue weighted by atomic mass is 16.5. The van der Waals surface area contributed by atoms with Crippen LogP contribution >= 0.6 is 0 Å². The first kappa shape index (κ1) is 13.4. The molecule has 0 atom stereocenters. The zero-order valence-corrected chi connectivity index (χ0v) is 11.4. The van der Waals surface area contributed by atoms with Crippen molar-refractivity contribution in [2.45, 2.75) is 26.4 Å². The molecule has 3 heteroatoms. The Morgan fingerprint density at radius 2 is 2.17 bits per heavy atom. The molecule has 1 fully saturated rings. The van der Waals surface area contributed by atoms with Gasteiger partial charge >= 0.3 is 0 Å². The van der Waals surface area contributed by atoms with Gasteiger partial charge in [0.25, 0.3) is 0 Å². The van der Waals surface area contributed by atoms with Crippen LogP contribution in [0.25, 0.3) is 0 Å². The minimum atomic E-state index is 0.0876. The Hall–Kier alpha value is -1.06. The predicted molar refractivity (Wildman–Crippen MR) is 73.9 cm³/mol.